The van der Waals surface area contributed by atoms with E-state index in [9.17, 15) is 0 Å². The second-order valence-electron chi connectivity index (χ2n) is 6.67. The molecule has 140 valence electrons. The summed E-state index contributed by atoms with van der Waals surface area (Å²) in [5, 5.41) is 0. The van der Waals surface area contributed by atoms with Gasteiger partial charge in [-0.25, -0.2) is 0 Å². The minimum atomic E-state index is -0.826. The van der Waals surface area contributed by atoms with Crippen molar-refractivity contribution in [2.45, 2.75) is 77.6 Å². The molecule has 0 aromatic rings. The van der Waals surface area contributed by atoms with E-state index in [-0.39, 0.29) is 14.9 Å². The van der Waals surface area contributed by atoms with E-state index in [1.807, 2.05) is 0 Å². The minimum absolute atomic E-state index is 0. The number of allylic oxidation sites excluding steroid dienone is 4. The molecule has 3 heteroatoms. The molecule has 0 bridgehead atoms. The SMILES string of the molecule is C1CCCC1.CCCC[C@H]1C=CC=CC2CCCC21.[CH3-].[CH3-].[Cl][Zr+2][Cl]. The van der Waals surface area contributed by atoms with Crippen LogP contribution in [-0.4, -0.2) is 0 Å². The van der Waals surface area contributed by atoms with Gasteiger partial charge in [0, 0.05) is 0 Å². The van der Waals surface area contributed by atoms with E-state index in [4.69, 9.17) is 17.0 Å². The molecule has 0 N–H and O–H groups in total. The number of fused-ring (bicyclic) bond motifs is 1. The molecule has 2 fully saturated rings. The molecule has 0 amide bonds. The average molecular weight is 453 g/mol. The Balaban J connectivity index is 0. The fourth-order valence-corrected chi connectivity index (χ4v) is 3.98. The third-order valence-electron chi connectivity index (χ3n) is 5.14. The molecule has 3 aliphatic carbocycles. The van der Waals surface area contributed by atoms with Gasteiger partial charge in [0.05, 0.1) is 0 Å². The zero-order valence-electron chi connectivity index (χ0n) is 16.1. The molecule has 0 aromatic heterocycles. The Bertz CT molecular complexity index is 303. The van der Waals surface area contributed by atoms with Crippen LogP contribution in [0.2, 0.25) is 0 Å². The Morgan fingerprint density at radius 3 is 1.96 bits per heavy atom. The molecule has 0 aliphatic heterocycles. The van der Waals surface area contributed by atoms with Crippen LogP contribution in [0.15, 0.2) is 24.3 Å². The summed E-state index contributed by atoms with van der Waals surface area (Å²) in [5.41, 5.74) is 0. The van der Waals surface area contributed by atoms with Crippen molar-refractivity contribution < 1.29 is 20.8 Å². The van der Waals surface area contributed by atoms with Crippen molar-refractivity contribution in [3.8, 4) is 0 Å². The Morgan fingerprint density at radius 1 is 0.875 bits per heavy atom. The van der Waals surface area contributed by atoms with E-state index < -0.39 is 20.8 Å². The normalized spacial score (nSPS) is 26.2. The van der Waals surface area contributed by atoms with Crippen molar-refractivity contribution in [3.05, 3.63) is 39.2 Å². The summed E-state index contributed by atoms with van der Waals surface area (Å²) < 4.78 is 0. The molecule has 0 saturated heterocycles. The predicted molar refractivity (Wildman–Crippen MR) is 110 cm³/mol. The van der Waals surface area contributed by atoms with Crippen LogP contribution in [-0.2, 0) is 20.8 Å². The maximum absolute atomic E-state index is 4.93. The van der Waals surface area contributed by atoms with E-state index in [1.165, 1.54) is 70.6 Å². The fourth-order valence-electron chi connectivity index (χ4n) is 3.98. The Kier molecular flexibility index (Phi) is 21.2. The van der Waals surface area contributed by atoms with Gasteiger partial charge in [0.15, 0.2) is 0 Å². The van der Waals surface area contributed by atoms with Crippen molar-refractivity contribution in [1.29, 1.82) is 0 Å². The van der Waals surface area contributed by atoms with Crippen LogP contribution in [0.5, 0.6) is 0 Å². The van der Waals surface area contributed by atoms with E-state index in [0.29, 0.717) is 0 Å². The topological polar surface area (TPSA) is 0 Å². The van der Waals surface area contributed by atoms with Crippen molar-refractivity contribution in [2.24, 2.45) is 17.8 Å². The van der Waals surface area contributed by atoms with Crippen LogP contribution in [0.4, 0.5) is 0 Å². The molecule has 2 saturated carbocycles. The van der Waals surface area contributed by atoms with Gasteiger partial charge < -0.3 is 14.9 Å². The Labute approximate surface area is 171 Å². The second-order valence-corrected chi connectivity index (χ2v) is 10.4. The van der Waals surface area contributed by atoms with E-state index in [0.717, 1.165) is 17.8 Å². The van der Waals surface area contributed by atoms with Crippen LogP contribution in [0.3, 0.4) is 0 Å². The summed E-state index contributed by atoms with van der Waals surface area (Å²) in [6.45, 7) is 2.30. The molecule has 0 spiro atoms. The zero-order valence-corrected chi connectivity index (χ0v) is 20.0. The van der Waals surface area contributed by atoms with Crippen LogP contribution >= 0.6 is 17.0 Å². The van der Waals surface area contributed by atoms with Gasteiger partial charge in [-0.05, 0) is 37.0 Å². The van der Waals surface area contributed by atoms with Gasteiger partial charge in [-0.3, -0.25) is 0 Å². The third kappa shape index (κ3) is 11.5. The van der Waals surface area contributed by atoms with Crippen LogP contribution in [0.25, 0.3) is 0 Å². The molecular formula is C21H38Cl2Zr. The summed E-state index contributed by atoms with van der Waals surface area (Å²) >= 11 is -0.826. The second kappa shape index (κ2) is 18.7. The molecule has 0 nitrogen and oxygen atoms in total. The molecule has 3 atom stereocenters. The number of hydrogen-bond acceptors (Lipinski definition) is 0. The molecule has 3 rings (SSSR count). The number of hydrogen-bond donors (Lipinski definition) is 0. The predicted octanol–water partition coefficient (Wildman–Crippen LogP) is 8.56. The third-order valence-corrected chi connectivity index (χ3v) is 5.14. The molecule has 24 heavy (non-hydrogen) atoms. The van der Waals surface area contributed by atoms with Gasteiger partial charge in [0.1, 0.15) is 0 Å². The summed E-state index contributed by atoms with van der Waals surface area (Å²) in [4.78, 5) is 0. The first-order valence-corrected chi connectivity index (χ1v) is 15.5. The summed E-state index contributed by atoms with van der Waals surface area (Å²) in [6.07, 6.45) is 25.5. The van der Waals surface area contributed by atoms with Gasteiger partial charge >= 0.3 is 37.9 Å². The maximum atomic E-state index is 4.93. The Hall–Kier alpha value is 0.943. The van der Waals surface area contributed by atoms with E-state index >= 15 is 0 Å². The average Bonchev–Trinajstić information content (AvgIpc) is 3.20. The van der Waals surface area contributed by atoms with E-state index in [1.54, 1.807) is 0 Å². The van der Waals surface area contributed by atoms with Crippen LogP contribution in [0.1, 0.15) is 77.6 Å². The summed E-state index contributed by atoms with van der Waals surface area (Å²) in [5.74, 6) is 2.74. The fraction of sp³-hybridized carbons (Fsp3) is 0.714. The first-order chi connectivity index (χ1) is 10.8. The van der Waals surface area contributed by atoms with E-state index in [2.05, 4.69) is 31.2 Å². The molecule has 0 heterocycles. The van der Waals surface area contributed by atoms with Crippen molar-refractivity contribution in [1.82, 2.24) is 0 Å². The standard InChI is InChI=1S/C14H22.C5H10.2CH3.2ClH.Zr/c1-2-3-7-12-8-4-5-9-13-10-6-11-14(12)13;1-2-4-5-3-1;;;;;/h4-5,8-9,12-14H,2-3,6-7,10-11H2,1H3;1-5H2;2*1H3;2*1H;/q;;2*-1;;;+4/p-2/t12-,13?,14?;;;;;;/m0....../s1. The summed E-state index contributed by atoms with van der Waals surface area (Å²) in [7, 11) is 9.87. The molecule has 0 aromatic carbocycles. The van der Waals surface area contributed by atoms with Gasteiger partial charge in [0.2, 0.25) is 0 Å². The number of unbranched alkanes of at least 4 members (excludes halogenated alkanes) is 1. The molecule has 0 radical (unpaired) electrons. The summed E-state index contributed by atoms with van der Waals surface area (Å²) in [6, 6.07) is 0. The first-order valence-electron chi connectivity index (χ1n) is 9.14. The first kappa shape index (κ1) is 27.2. The van der Waals surface area contributed by atoms with Crippen LogP contribution < -0.4 is 0 Å². The zero-order chi connectivity index (χ0) is 16.0. The van der Waals surface area contributed by atoms with Crippen molar-refractivity contribution >= 4 is 17.0 Å². The molecular weight excluding hydrogens is 414 g/mol. The number of halogens is 2. The monoisotopic (exact) mass is 450 g/mol. The van der Waals surface area contributed by atoms with Crippen molar-refractivity contribution in [2.75, 3.05) is 0 Å². The molecule has 2 unspecified atom stereocenters. The quantitative estimate of drug-likeness (QED) is 0.376. The van der Waals surface area contributed by atoms with Gasteiger partial charge in [-0.15, -0.1) is 0 Å². The van der Waals surface area contributed by atoms with Crippen molar-refractivity contribution in [3.63, 3.8) is 0 Å². The van der Waals surface area contributed by atoms with Gasteiger partial charge in [-0.1, -0.05) is 82.6 Å². The van der Waals surface area contributed by atoms with Gasteiger partial charge in [-0.2, -0.15) is 0 Å². The Morgan fingerprint density at radius 2 is 1.42 bits per heavy atom. The number of rotatable bonds is 3. The van der Waals surface area contributed by atoms with Crippen LogP contribution in [0, 0.1) is 32.6 Å². The molecule has 3 aliphatic rings. The van der Waals surface area contributed by atoms with Gasteiger partial charge in [0.25, 0.3) is 0 Å².